The minimum atomic E-state index is -0.213. The summed E-state index contributed by atoms with van der Waals surface area (Å²) in [5, 5.41) is 11.8. The molecule has 0 saturated heterocycles. The molecule has 1 heterocycles. The van der Waals surface area contributed by atoms with Crippen molar-refractivity contribution in [1.82, 2.24) is 10.2 Å². The highest BCUT2D eigenvalue weighted by Crippen LogP contribution is 2.29. The van der Waals surface area contributed by atoms with Gasteiger partial charge in [0.1, 0.15) is 5.75 Å². The summed E-state index contributed by atoms with van der Waals surface area (Å²) in [6, 6.07) is 5.32. The number of hydrogen-bond donors (Lipinski definition) is 1. The molecular formula is C16H19N3O2S2. The monoisotopic (exact) mass is 349 g/mol. The number of rotatable bonds is 7. The van der Waals surface area contributed by atoms with Gasteiger partial charge in [-0.15, -0.1) is 16.8 Å². The van der Waals surface area contributed by atoms with Crippen LogP contribution in [-0.2, 0) is 6.42 Å². The first-order valence-electron chi connectivity index (χ1n) is 7.12. The smallest absolute Gasteiger partial charge is 0.257 e. The average molecular weight is 349 g/mol. The van der Waals surface area contributed by atoms with Gasteiger partial charge in [-0.05, 0) is 30.2 Å². The number of aromatic nitrogens is 2. The molecule has 5 nitrogen and oxygen atoms in total. The summed E-state index contributed by atoms with van der Waals surface area (Å²) in [6.07, 6.45) is 2.41. The van der Waals surface area contributed by atoms with E-state index in [0.717, 1.165) is 15.7 Å². The molecule has 0 aliphatic rings. The number of benzene rings is 1. The zero-order valence-corrected chi connectivity index (χ0v) is 15.0. The van der Waals surface area contributed by atoms with Crippen LogP contribution in [0.3, 0.4) is 0 Å². The Kier molecular flexibility index (Phi) is 6.18. The summed E-state index contributed by atoms with van der Waals surface area (Å²) in [7, 11) is 1.61. The summed E-state index contributed by atoms with van der Waals surface area (Å²) in [6.45, 7) is 7.90. The van der Waals surface area contributed by atoms with Gasteiger partial charge in [0.15, 0.2) is 4.34 Å². The fraction of sp³-hybridized carbons (Fsp3) is 0.312. The van der Waals surface area contributed by atoms with E-state index in [2.05, 4.69) is 35.9 Å². The van der Waals surface area contributed by atoms with Crippen LogP contribution in [0.15, 0.2) is 35.2 Å². The van der Waals surface area contributed by atoms with Gasteiger partial charge < -0.3 is 4.74 Å². The molecule has 0 atom stereocenters. The summed E-state index contributed by atoms with van der Waals surface area (Å²) in [5.74, 6) is 0.531. The molecule has 1 N–H and O–H groups in total. The van der Waals surface area contributed by atoms with Crippen molar-refractivity contribution in [1.29, 1.82) is 0 Å². The summed E-state index contributed by atoms with van der Waals surface area (Å²) < 4.78 is 6.13. The van der Waals surface area contributed by atoms with Crippen LogP contribution in [0.1, 0.15) is 29.8 Å². The first-order chi connectivity index (χ1) is 11.0. The average Bonchev–Trinajstić information content (AvgIpc) is 2.93. The molecule has 0 aliphatic heterocycles. The Morgan fingerprint density at radius 3 is 2.91 bits per heavy atom. The number of carbonyl (C=O) groups is 1. The van der Waals surface area contributed by atoms with E-state index in [1.54, 1.807) is 43.1 Å². The Bertz CT molecular complexity index is 698. The molecule has 122 valence electrons. The van der Waals surface area contributed by atoms with E-state index < -0.39 is 0 Å². The number of nitrogens with one attached hydrogen (secondary N) is 1. The van der Waals surface area contributed by atoms with Gasteiger partial charge >= 0.3 is 0 Å². The van der Waals surface area contributed by atoms with Gasteiger partial charge in [0.25, 0.3) is 5.91 Å². The lowest BCUT2D eigenvalue weighted by molar-refractivity contribution is 0.102. The number of methoxy groups -OCH3 is 1. The molecule has 2 aromatic rings. The summed E-state index contributed by atoms with van der Waals surface area (Å²) in [4.78, 5) is 12.4. The molecule has 1 aromatic carbocycles. The van der Waals surface area contributed by atoms with Gasteiger partial charge in [0, 0.05) is 10.8 Å². The molecule has 2 rings (SSSR count). The number of ether oxygens (including phenoxy) is 1. The second-order valence-electron chi connectivity index (χ2n) is 5.01. The topological polar surface area (TPSA) is 64.1 Å². The van der Waals surface area contributed by atoms with Gasteiger partial charge in [-0.2, -0.15) is 0 Å². The lowest BCUT2D eigenvalue weighted by atomic mass is 10.1. The van der Waals surface area contributed by atoms with Crippen LogP contribution < -0.4 is 10.1 Å². The van der Waals surface area contributed by atoms with Crippen LogP contribution in [0.2, 0.25) is 0 Å². The van der Waals surface area contributed by atoms with Crippen LogP contribution >= 0.6 is 23.1 Å². The summed E-state index contributed by atoms with van der Waals surface area (Å²) in [5.41, 5.74) is 1.47. The highest BCUT2D eigenvalue weighted by Gasteiger charge is 2.13. The van der Waals surface area contributed by atoms with Gasteiger partial charge in [-0.25, -0.2) is 0 Å². The third-order valence-electron chi connectivity index (χ3n) is 2.87. The van der Waals surface area contributed by atoms with Crippen molar-refractivity contribution in [2.75, 3.05) is 12.4 Å². The van der Waals surface area contributed by atoms with Crippen LogP contribution in [0.25, 0.3) is 0 Å². The molecule has 0 bridgehead atoms. The van der Waals surface area contributed by atoms with Crippen molar-refractivity contribution < 1.29 is 9.53 Å². The predicted octanol–water partition coefficient (Wildman–Crippen LogP) is 4.03. The zero-order valence-electron chi connectivity index (χ0n) is 13.3. The first-order valence-corrected chi connectivity index (χ1v) is 8.82. The molecule has 0 radical (unpaired) electrons. The van der Waals surface area contributed by atoms with Crippen molar-refractivity contribution in [3.63, 3.8) is 0 Å². The Morgan fingerprint density at radius 1 is 1.48 bits per heavy atom. The SMILES string of the molecule is C=CCc1cc(C(=O)Nc2nnc(SC(C)C)s2)ccc1OC. The van der Waals surface area contributed by atoms with Crippen molar-refractivity contribution in [2.24, 2.45) is 0 Å². The van der Waals surface area contributed by atoms with Crippen molar-refractivity contribution in [3.8, 4) is 5.75 Å². The summed E-state index contributed by atoms with van der Waals surface area (Å²) >= 11 is 3.00. The minimum absolute atomic E-state index is 0.213. The number of anilines is 1. The largest absolute Gasteiger partial charge is 0.496 e. The number of nitrogens with zero attached hydrogens (tertiary/aromatic N) is 2. The zero-order chi connectivity index (χ0) is 16.8. The second-order valence-corrected chi connectivity index (χ2v) is 7.81. The first kappa shape index (κ1) is 17.5. The van der Waals surface area contributed by atoms with E-state index >= 15 is 0 Å². The Balaban J connectivity index is 2.12. The lowest BCUT2D eigenvalue weighted by Crippen LogP contribution is -2.12. The highest BCUT2D eigenvalue weighted by atomic mass is 32.2. The molecule has 1 aromatic heterocycles. The van der Waals surface area contributed by atoms with Crippen LogP contribution in [0.4, 0.5) is 5.13 Å². The number of allylic oxidation sites excluding steroid dienone is 1. The predicted molar refractivity (Wildman–Crippen MR) is 95.8 cm³/mol. The van der Waals surface area contributed by atoms with Crippen molar-refractivity contribution >= 4 is 34.1 Å². The Hall–Kier alpha value is -1.86. The van der Waals surface area contributed by atoms with Crippen molar-refractivity contribution in [3.05, 3.63) is 42.0 Å². The Labute approximate surface area is 144 Å². The van der Waals surface area contributed by atoms with Gasteiger partial charge in [0.2, 0.25) is 5.13 Å². The van der Waals surface area contributed by atoms with Crippen LogP contribution in [0, 0.1) is 0 Å². The van der Waals surface area contributed by atoms with E-state index in [-0.39, 0.29) is 5.91 Å². The standard InChI is InChI=1S/C16H19N3O2S2/c1-5-6-11-9-12(7-8-13(11)21-4)14(20)17-15-18-19-16(23-15)22-10(2)3/h5,7-10H,1,6H2,2-4H3,(H,17,18,20). The molecule has 0 fully saturated rings. The fourth-order valence-electron chi connectivity index (χ4n) is 1.91. The number of amides is 1. The van der Waals surface area contributed by atoms with E-state index in [4.69, 9.17) is 4.74 Å². The minimum Gasteiger partial charge on any atom is -0.496 e. The maximum Gasteiger partial charge on any atom is 0.257 e. The van der Waals surface area contributed by atoms with Crippen molar-refractivity contribution in [2.45, 2.75) is 29.9 Å². The molecule has 1 amide bonds. The Morgan fingerprint density at radius 2 is 2.26 bits per heavy atom. The lowest BCUT2D eigenvalue weighted by Gasteiger charge is -2.09. The molecule has 0 unspecified atom stereocenters. The highest BCUT2D eigenvalue weighted by molar-refractivity contribution is 8.01. The van der Waals surface area contributed by atoms with E-state index in [1.807, 2.05) is 0 Å². The number of thioether (sulfide) groups is 1. The van der Waals surface area contributed by atoms with Crippen LogP contribution in [-0.4, -0.2) is 28.5 Å². The van der Waals surface area contributed by atoms with E-state index in [1.165, 1.54) is 11.3 Å². The normalized spacial score (nSPS) is 10.6. The molecule has 0 spiro atoms. The van der Waals surface area contributed by atoms with Gasteiger partial charge in [-0.3, -0.25) is 10.1 Å². The maximum absolute atomic E-state index is 12.4. The third kappa shape index (κ3) is 4.80. The number of carbonyl (C=O) groups excluding carboxylic acids is 1. The van der Waals surface area contributed by atoms with Crippen LogP contribution in [0.5, 0.6) is 5.75 Å². The molecule has 23 heavy (non-hydrogen) atoms. The van der Waals surface area contributed by atoms with Gasteiger partial charge in [0.05, 0.1) is 7.11 Å². The second kappa shape index (κ2) is 8.12. The molecule has 0 aliphatic carbocycles. The molecule has 0 saturated carbocycles. The third-order valence-corrected chi connectivity index (χ3v) is 4.80. The quantitative estimate of drug-likeness (QED) is 0.464. The molecule has 7 heteroatoms. The van der Waals surface area contributed by atoms with E-state index in [0.29, 0.717) is 22.4 Å². The van der Waals surface area contributed by atoms with E-state index in [9.17, 15) is 4.79 Å². The maximum atomic E-state index is 12.4. The van der Waals surface area contributed by atoms with Gasteiger partial charge in [-0.1, -0.05) is 43.0 Å². The number of hydrogen-bond acceptors (Lipinski definition) is 6. The molecular weight excluding hydrogens is 330 g/mol. The fourth-order valence-corrected chi connectivity index (χ4v) is 3.88.